The van der Waals surface area contributed by atoms with Gasteiger partial charge in [-0.15, -0.1) is 0 Å². The molecule has 0 fully saturated rings. The molecule has 0 spiro atoms. The molecule has 0 saturated heterocycles. The van der Waals surface area contributed by atoms with Crippen molar-refractivity contribution >= 4 is 18.0 Å². The van der Waals surface area contributed by atoms with Gasteiger partial charge in [-0.2, -0.15) is 0 Å². The van der Waals surface area contributed by atoms with Gasteiger partial charge in [0.15, 0.2) is 11.5 Å². The van der Waals surface area contributed by atoms with Gasteiger partial charge < -0.3 is 19.9 Å². The molecule has 1 heterocycles. The van der Waals surface area contributed by atoms with Crippen LogP contribution in [0.3, 0.4) is 0 Å². The average Bonchev–Trinajstić information content (AvgIpc) is 3.01. The van der Waals surface area contributed by atoms with Gasteiger partial charge in [0.05, 0.1) is 0 Å². The number of aryl methyl sites for hydroxylation is 1. The van der Waals surface area contributed by atoms with Crippen LogP contribution >= 0.6 is 0 Å². The predicted molar refractivity (Wildman–Crippen MR) is 86.8 cm³/mol. The van der Waals surface area contributed by atoms with Gasteiger partial charge in [-0.05, 0) is 42.8 Å². The minimum atomic E-state index is -1.23. The number of hydrogen-bond donors (Lipinski definition) is 2. The number of carboxylic acids is 1. The highest BCUT2D eigenvalue weighted by molar-refractivity contribution is 6.02. The highest BCUT2D eigenvalue weighted by Crippen LogP contribution is 2.33. The quantitative estimate of drug-likeness (QED) is 0.844. The topological polar surface area (TPSA) is 84.9 Å². The molecule has 24 heavy (non-hydrogen) atoms. The van der Waals surface area contributed by atoms with Crippen LogP contribution in [0.2, 0.25) is 0 Å². The molecule has 0 bridgehead atoms. The Morgan fingerprint density at radius 2 is 1.92 bits per heavy atom. The summed E-state index contributed by atoms with van der Waals surface area (Å²) in [6.45, 7) is 2.00. The number of fused-ring (bicyclic) bond motifs is 1. The van der Waals surface area contributed by atoms with Gasteiger partial charge in [0.1, 0.15) is 5.70 Å². The SMILES string of the molecule is Cc1cccc(C(=O)N/C(=C/c2ccc3c(c2)OCO3)C(=O)O)c1. The molecule has 6 nitrogen and oxygen atoms in total. The monoisotopic (exact) mass is 325 g/mol. The van der Waals surface area contributed by atoms with Crippen LogP contribution in [0, 0.1) is 6.92 Å². The van der Waals surface area contributed by atoms with E-state index >= 15 is 0 Å². The number of hydrogen-bond acceptors (Lipinski definition) is 4. The van der Waals surface area contributed by atoms with Crippen molar-refractivity contribution in [1.82, 2.24) is 5.32 Å². The maximum Gasteiger partial charge on any atom is 0.352 e. The zero-order valence-corrected chi connectivity index (χ0v) is 12.9. The first-order valence-corrected chi connectivity index (χ1v) is 7.25. The van der Waals surface area contributed by atoms with Crippen LogP contribution < -0.4 is 14.8 Å². The van der Waals surface area contributed by atoms with Crippen molar-refractivity contribution in [3.8, 4) is 11.5 Å². The highest BCUT2D eigenvalue weighted by atomic mass is 16.7. The summed E-state index contributed by atoms with van der Waals surface area (Å²) in [6, 6.07) is 12.0. The second kappa shape index (κ2) is 6.45. The van der Waals surface area contributed by atoms with Gasteiger partial charge in [-0.1, -0.05) is 23.8 Å². The van der Waals surface area contributed by atoms with Crippen LogP contribution in [0.25, 0.3) is 6.08 Å². The summed E-state index contributed by atoms with van der Waals surface area (Å²) in [5.41, 5.74) is 1.67. The van der Waals surface area contributed by atoms with Crippen LogP contribution in [-0.2, 0) is 4.79 Å². The van der Waals surface area contributed by atoms with Gasteiger partial charge >= 0.3 is 5.97 Å². The lowest BCUT2D eigenvalue weighted by Crippen LogP contribution is -2.27. The third kappa shape index (κ3) is 3.38. The van der Waals surface area contributed by atoms with Crippen LogP contribution in [-0.4, -0.2) is 23.8 Å². The molecule has 6 heteroatoms. The highest BCUT2D eigenvalue weighted by Gasteiger charge is 2.16. The lowest BCUT2D eigenvalue weighted by molar-refractivity contribution is -0.132. The fourth-order valence-electron chi connectivity index (χ4n) is 2.30. The van der Waals surface area contributed by atoms with Gasteiger partial charge in [0, 0.05) is 5.56 Å². The smallest absolute Gasteiger partial charge is 0.352 e. The second-order valence-electron chi connectivity index (χ2n) is 5.30. The normalized spacial score (nSPS) is 12.8. The number of carbonyl (C=O) groups excluding carboxylic acids is 1. The Morgan fingerprint density at radius 1 is 1.12 bits per heavy atom. The molecule has 2 aromatic carbocycles. The average molecular weight is 325 g/mol. The molecule has 1 aliphatic heterocycles. The summed E-state index contributed by atoms with van der Waals surface area (Å²) in [7, 11) is 0. The van der Waals surface area contributed by atoms with E-state index in [4.69, 9.17) is 9.47 Å². The van der Waals surface area contributed by atoms with Gasteiger partial charge in [0.25, 0.3) is 5.91 Å². The Labute approximate surface area is 138 Å². The van der Waals surface area contributed by atoms with Crippen molar-refractivity contribution in [2.45, 2.75) is 6.92 Å². The molecule has 0 radical (unpaired) electrons. The predicted octanol–water partition coefficient (Wildman–Crippen LogP) is 2.58. The molecular formula is C18H15NO5. The summed E-state index contributed by atoms with van der Waals surface area (Å²) in [4.78, 5) is 23.7. The molecule has 3 rings (SSSR count). The van der Waals surface area contributed by atoms with Crippen molar-refractivity contribution in [3.05, 3.63) is 64.9 Å². The molecule has 2 N–H and O–H groups in total. The molecule has 0 aromatic heterocycles. The molecule has 0 saturated carbocycles. The van der Waals surface area contributed by atoms with E-state index in [9.17, 15) is 14.7 Å². The summed E-state index contributed by atoms with van der Waals surface area (Å²) in [6.07, 6.45) is 1.37. The zero-order chi connectivity index (χ0) is 17.1. The Balaban J connectivity index is 1.84. The van der Waals surface area contributed by atoms with E-state index in [1.165, 1.54) is 6.08 Å². The van der Waals surface area contributed by atoms with Crippen LogP contribution in [0.4, 0.5) is 0 Å². The lowest BCUT2D eigenvalue weighted by atomic mass is 10.1. The first-order valence-electron chi connectivity index (χ1n) is 7.25. The molecule has 2 aromatic rings. The van der Waals surface area contributed by atoms with E-state index in [2.05, 4.69) is 5.32 Å². The number of carboxylic acid groups (broad SMARTS) is 1. The summed E-state index contributed by atoms with van der Waals surface area (Å²) < 4.78 is 10.5. The number of nitrogens with one attached hydrogen (secondary N) is 1. The molecule has 122 valence electrons. The third-order valence-corrected chi connectivity index (χ3v) is 3.47. The van der Waals surface area contributed by atoms with Gasteiger partial charge in [-0.25, -0.2) is 4.79 Å². The number of rotatable bonds is 4. The number of carbonyl (C=O) groups is 2. The summed E-state index contributed by atoms with van der Waals surface area (Å²) in [5.74, 6) is -0.562. The van der Waals surface area contributed by atoms with Crippen LogP contribution in [0.1, 0.15) is 21.5 Å². The first kappa shape index (κ1) is 15.6. The number of aliphatic carboxylic acids is 1. The minimum absolute atomic E-state index is 0.137. The van der Waals surface area contributed by atoms with E-state index in [0.29, 0.717) is 22.6 Å². The fourth-order valence-corrected chi connectivity index (χ4v) is 2.30. The van der Waals surface area contributed by atoms with Gasteiger partial charge in [0.2, 0.25) is 6.79 Å². The van der Waals surface area contributed by atoms with Crippen LogP contribution in [0.5, 0.6) is 11.5 Å². The molecule has 0 unspecified atom stereocenters. The molecule has 1 amide bonds. The summed E-state index contributed by atoms with van der Waals surface area (Å²) >= 11 is 0. The molecule has 1 aliphatic rings. The van der Waals surface area contributed by atoms with Crippen molar-refractivity contribution < 1.29 is 24.2 Å². The van der Waals surface area contributed by atoms with E-state index in [-0.39, 0.29) is 12.5 Å². The number of amides is 1. The lowest BCUT2D eigenvalue weighted by Gasteiger charge is -2.07. The van der Waals surface area contributed by atoms with Crippen molar-refractivity contribution in [3.63, 3.8) is 0 Å². The fraction of sp³-hybridized carbons (Fsp3) is 0.111. The minimum Gasteiger partial charge on any atom is -0.477 e. The van der Waals surface area contributed by atoms with E-state index in [1.54, 1.807) is 36.4 Å². The second-order valence-corrected chi connectivity index (χ2v) is 5.30. The Bertz CT molecular complexity index is 841. The zero-order valence-electron chi connectivity index (χ0n) is 12.9. The van der Waals surface area contributed by atoms with Crippen LogP contribution in [0.15, 0.2) is 48.2 Å². The van der Waals surface area contributed by atoms with E-state index in [1.807, 2.05) is 13.0 Å². The standard InChI is InChI=1S/C18H15NO5/c1-11-3-2-4-13(7-11)17(20)19-14(18(21)22)8-12-5-6-15-16(9-12)24-10-23-15/h2-9H,10H2,1H3,(H,19,20)(H,21,22)/b14-8+. The van der Waals surface area contributed by atoms with Crippen molar-refractivity contribution in [2.24, 2.45) is 0 Å². The Hall–Kier alpha value is -3.28. The van der Waals surface area contributed by atoms with E-state index in [0.717, 1.165) is 5.56 Å². The molecule has 0 atom stereocenters. The Morgan fingerprint density at radius 3 is 2.67 bits per heavy atom. The van der Waals surface area contributed by atoms with Crippen molar-refractivity contribution in [1.29, 1.82) is 0 Å². The summed E-state index contributed by atoms with van der Waals surface area (Å²) in [5, 5.41) is 11.8. The maximum absolute atomic E-state index is 12.2. The number of ether oxygens (including phenoxy) is 2. The Kier molecular flexibility index (Phi) is 4.20. The largest absolute Gasteiger partial charge is 0.477 e. The maximum atomic E-state index is 12.2. The van der Waals surface area contributed by atoms with E-state index < -0.39 is 11.9 Å². The van der Waals surface area contributed by atoms with Gasteiger partial charge in [-0.3, -0.25) is 4.79 Å². The molecular weight excluding hydrogens is 310 g/mol. The molecule has 0 aliphatic carbocycles. The van der Waals surface area contributed by atoms with Crippen molar-refractivity contribution in [2.75, 3.05) is 6.79 Å². The first-order chi connectivity index (χ1) is 11.5. The number of benzene rings is 2. The third-order valence-electron chi connectivity index (χ3n) is 3.47.